The maximum Gasteiger partial charge on any atom is 0.220 e. The van der Waals surface area contributed by atoms with Gasteiger partial charge < -0.3 is 11.1 Å². The van der Waals surface area contributed by atoms with Gasteiger partial charge in [-0.05, 0) is 18.8 Å². The number of hydrogen-bond donors (Lipinski definition) is 2. The number of nitrogens with two attached hydrogens (primary N) is 1. The van der Waals surface area contributed by atoms with Crippen LogP contribution in [0.3, 0.4) is 0 Å². The normalized spacial score (nSPS) is 17.8. The number of carbonyl (C=O) groups excluding carboxylic acids is 1. The van der Waals surface area contributed by atoms with Gasteiger partial charge in [-0.2, -0.15) is 0 Å². The van der Waals surface area contributed by atoms with Crippen molar-refractivity contribution in [2.75, 3.05) is 6.54 Å². The van der Waals surface area contributed by atoms with Crippen molar-refractivity contribution in [3.8, 4) is 0 Å². The van der Waals surface area contributed by atoms with E-state index in [0.29, 0.717) is 30.3 Å². The molecule has 1 aliphatic carbocycles. The summed E-state index contributed by atoms with van der Waals surface area (Å²) in [5.74, 6) is 0.746. The molecule has 0 aromatic heterocycles. The number of rotatable bonds is 5. The molecule has 16 heavy (non-hydrogen) atoms. The summed E-state index contributed by atoms with van der Waals surface area (Å²) in [4.78, 5) is 12.1. The van der Waals surface area contributed by atoms with E-state index in [-0.39, 0.29) is 5.91 Å². The first-order chi connectivity index (χ1) is 7.68. The van der Waals surface area contributed by atoms with Crippen molar-refractivity contribution in [1.29, 1.82) is 0 Å². The first-order valence-corrected chi connectivity index (χ1v) is 6.64. The van der Waals surface area contributed by atoms with Crippen LogP contribution in [-0.2, 0) is 4.79 Å². The molecule has 92 valence electrons. The molecule has 1 amide bonds. The monoisotopic (exact) mass is 242 g/mol. The summed E-state index contributed by atoms with van der Waals surface area (Å²) in [6, 6.07) is 0. The van der Waals surface area contributed by atoms with Crippen molar-refractivity contribution in [2.45, 2.75) is 51.4 Å². The molecule has 1 saturated carbocycles. The van der Waals surface area contributed by atoms with E-state index in [2.05, 4.69) is 5.32 Å². The summed E-state index contributed by atoms with van der Waals surface area (Å²) in [7, 11) is 0. The first kappa shape index (κ1) is 13.4. The van der Waals surface area contributed by atoms with E-state index >= 15 is 0 Å². The van der Waals surface area contributed by atoms with Crippen LogP contribution in [0.1, 0.15) is 51.4 Å². The first-order valence-electron chi connectivity index (χ1n) is 6.23. The standard InChI is InChI=1S/C12H22N2OS/c13-11(16)7-8-14-12(15)9-10-5-3-1-2-4-6-10/h10H,1-9H2,(H2,13,16)(H,14,15). The average Bonchev–Trinajstić information content (AvgIpc) is 2.45. The van der Waals surface area contributed by atoms with Crippen molar-refractivity contribution < 1.29 is 4.79 Å². The fraction of sp³-hybridized carbons (Fsp3) is 0.833. The highest BCUT2D eigenvalue weighted by molar-refractivity contribution is 7.80. The van der Waals surface area contributed by atoms with Crippen LogP contribution in [0.4, 0.5) is 0 Å². The Kier molecular flexibility index (Phi) is 6.38. The molecule has 3 N–H and O–H groups in total. The minimum Gasteiger partial charge on any atom is -0.393 e. The number of amides is 1. The molecule has 1 fully saturated rings. The molecule has 0 heterocycles. The minimum absolute atomic E-state index is 0.156. The summed E-state index contributed by atoms with van der Waals surface area (Å²) in [6.45, 7) is 0.584. The largest absolute Gasteiger partial charge is 0.393 e. The quantitative estimate of drug-likeness (QED) is 0.573. The second-order valence-corrected chi connectivity index (χ2v) is 5.15. The van der Waals surface area contributed by atoms with Gasteiger partial charge in [0, 0.05) is 19.4 Å². The second kappa shape index (κ2) is 7.60. The number of carbonyl (C=O) groups is 1. The highest BCUT2D eigenvalue weighted by Gasteiger charge is 2.15. The molecule has 0 aromatic rings. The zero-order chi connectivity index (χ0) is 11.8. The van der Waals surface area contributed by atoms with E-state index in [1.807, 2.05) is 0 Å². The zero-order valence-electron chi connectivity index (χ0n) is 9.84. The fourth-order valence-corrected chi connectivity index (χ4v) is 2.33. The van der Waals surface area contributed by atoms with E-state index in [1.165, 1.54) is 38.5 Å². The molecule has 1 aliphatic rings. The number of nitrogens with one attached hydrogen (secondary N) is 1. The van der Waals surface area contributed by atoms with Crippen molar-refractivity contribution in [3.05, 3.63) is 0 Å². The van der Waals surface area contributed by atoms with Crippen LogP contribution in [0.15, 0.2) is 0 Å². The number of hydrogen-bond acceptors (Lipinski definition) is 2. The topological polar surface area (TPSA) is 55.1 Å². The van der Waals surface area contributed by atoms with Crippen LogP contribution in [0.2, 0.25) is 0 Å². The minimum atomic E-state index is 0.156. The van der Waals surface area contributed by atoms with E-state index < -0.39 is 0 Å². The Morgan fingerprint density at radius 2 is 1.88 bits per heavy atom. The molecule has 0 unspecified atom stereocenters. The van der Waals surface area contributed by atoms with Gasteiger partial charge in [-0.3, -0.25) is 4.79 Å². The van der Waals surface area contributed by atoms with Gasteiger partial charge in [0.15, 0.2) is 0 Å². The molecular formula is C12H22N2OS. The van der Waals surface area contributed by atoms with Gasteiger partial charge in [0.05, 0.1) is 4.99 Å². The lowest BCUT2D eigenvalue weighted by Crippen LogP contribution is -2.28. The molecule has 3 nitrogen and oxygen atoms in total. The van der Waals surface area contributed by atoms with Gasteiger partial charge in [-0.1, -0.05) is 37.9 Å². The Balaban J connectivity index is 2.14. The van der Waals surface area contributed by atoms with Gasteiger partial charge >= 0.3 is 0 Å². The van der Waals surface area contributed by atoms with E-state index in [0.717, 1.165) is 0 Å². The highest BCUT2D eigenvalue weighted by Crippen LogP contribution is 2.25. The lowest BCUT2D eigenvalue weighted by Gasteiger charge is -2.13. The Bertz CT molecular complexity index is 235. The van der Waals surface area contributed by atoms with E-state index in [1.54, 1.807) is 0 Å². The van der Waals surface area contributed by atoms with Gasteiger partial charge in [0.2, 0.25) is 5.91 Å². The maximum atomic E-state index is 11.6. The molecule has 1 rings (SSSR count). The van der Waals surface area contributed by atoms with Crippen LogP contribution >= 0.6 is 12.2 Å². The third-order valence-electron chi connectivity index (χ3n) is 3.14. The summed E-state index contributed by atoms with van der Waals surface area (Å²) in [5.41, 5.74) is 5.36. The van der Waals surface area contributed by atoms with Crippen LogP contribution < -0.4 is 11.1 Å². The summed E-state index contributed by atoms with van der Waals surface area (Å²) >= 11 is 4.75. The highest BCUT2D eigenvalue weighted by atomic mass is 32.1. The maximum absolute atomic E-state index is 11.6. The molecule has 4 heteroatoms. The van der Waals surface area contributed by atoms with Crippen LogP contribution in [0, 0.1) is 5.92 Å². The summed E-state index contributed by atoms with van der Waals surface area (Å²) < 4.78 is 0. The fourth-order valence-electron chi connectivity index (χ4n) is 2.23. The van der Waals surface area contributed by atoms with Gasteiger partial charge in [0.25, 0.3) is 0 Å². The van der Waals surface area contributed by atoms with Gasteiger partial charge in [0.1, 0.15) is 0 Å². The Hall–Kier alpha value is -0.640. The zero-order valence-corrected chi connectivity index (χ0v) is 10.7. The summed E-state index contributed by atoms with van der Waals surface area (Å²) in [6.07, 6.45) is 8.93. The lowest BCUT2D eigenvalue weighted by molar-refractivity contribution is -0.122. The molecule has 0 bridgehead atoms. The molecule has 0 spiro atoms. The van der Waals surface area contributed by atoms with Gasteiger partial charge in [-0.15, -0.1) is 0 Å². The van der Waals surface area contributed by atoms with E-state index in [9.17, 15) is 4.79 Å². The third kappa shape index (κ3) is 6.05. The molecular weight excluding hydrogens is 220 g/mol. The SMILES string of the molecule is NC(=S)CCNC(=O)CC1CCCCCC1. The third-order valence-corrected chi connectivity index (χ3v) is 3.35. The van der Waals surface area contributed by atoms with Crippen LogP contribution in [-0.4, -0.2) is 17.4 Å². The Morgan fingerprint density at radius 3 is 2.44 bits per heavy atom. The molecule has 0 aromatic carbocycles. The van der Waals surface area contributed by atoms with Crippen molar-refractivity contribution >= 4 is 23.1 Å². The van der Waals surface area contributed by atoms with Crippen molar-refractivity contribution in [2.24, 2.45) is 11.7 Å². The molecule has 0 saturated heterocycles. The second-order valence-electron chi connectivity index (χ2n) is 4.63. The predicted octanol–water partition coefficient (Wildman–Crippen LogP) is 2.14. The van der Waals surface area contributed by atoms with Gasteiger partial charge in [-0.25, -0.2) is 0 Å². The smallest absolute Gasteiger partial charge is 0.220 e. The van der Waals surface area contributed by atoms with Crippen molar-refractivity contribution in [1.82, 2.24) is 5.32 Å². The average molecular weight is 242 g/mol. The molecule has 0 atom stereocenters. The number of thiocarbonyl (C=S) groups is 1. The lowest BCUT2D eigenvalue weighted by atomic mass is 9.96. The van der Waals surface area contributed by atoms with Crippen LogP contribution in [0.25, 0.3) is 0 Å². The predicted molar refractivity (Wildman–Crippen MR) is 70.2 cm³/mol. The molecule has 0 aliphatic heterocycles. The van der Waals surface area contributed by atoms with E-state index in [4.69, 9.17) is 18.0 Å². The summed E-state index contributed by atoms with van der Waals surface area (Å²) in [5, 5.41) is 2.88. The van der Waals surface area contributed by atoms with Crippen molar-refractivity contribution in [3.63, 3.8) is 0 Å². The Labute approximate surface area is 103 Å². The van der Waals surface area contributed by atoms with Crippen LogP contribution in [0.5, 0.6) is 0 Å². The Morgan fingerprint density at radius 1 is 1.25 bits per heavy atom. The molecule has 0 radical (unpaired) electrons.